The van der Waals surface area contributed by atoms with Crippen LogP contribution in [0.5, 0.6) is 0 Å². The van der Waals surface area contributed by atoms with E-state index in [9.17, 15) is 5.11 Å². The topological polar surface area (TPSA) is 35.5 Å². The molecule has 0 saturated heterocycles. The van der Waals surface area contributed by atoms with Crippen molar-refractivity contribution in [3.8, 4) is 0 Å². The normalized spacial score (nSPS) is 12.8. The van der Waals surface area contributed by atoms with Gasteiger partial charge in [0.05, 0.1) is 6.10 Å². The minimum Gasteiger partial charge on any atom is -0.392 e. The molecule has 0 aliphatic heterocycles. The summed E-state index contributed by atoms with van der Waals surface area (Å²) < 4.78 is 1.09. The summed E-state index contributed by atoms with van der Waals surface area (Å²) in [5, 5.41) is 13.0. The van der Waals surface area contributed by atoms with Crippen LogP contribution in [0.25, 0.3) is 0 Å². The highest BCUT2D eigenvalue weighted by atomic mass is 79.9. The molecule has 1 unspecified atom stereocenters. The average Bonchev–Trinajstić information content (AvgIpc) is 2.27. The largest absolute Gasteiger partial charge is 0.392 e. The van der Waals surface area contributed by atoms with E-state index in [2.05, 4.69) is 52.1 Å². The SMILES string of the molecule is CC(C)CNCc1cc(Br)ccc1N(C)CC(C)O. The van der Waals surface area contributed by atoms with Crippen molar-refractivity contribution < 1.29 is 5.11 Å². The predicted molar refractivity (Wildman–Crippen MR) is 85.6 cm³/mol. The molecule has 0 aliphatic rings. The second-order valence-electron chi connectivity index (χ2n) is 5.53. The number of halogens is 1. The number of hydrogen-bond acceptors (Lipinski definition) is 3. The second-order valence-corrected chi connectivity index (χ2v) is 6.44. The van der Waals surface area contributed by atoms with Crippen molar-refractivity contribution >= 4 is 21.6 Å². The van der Waals surface area contributed by atoms with Crippen molar-refractivity contribution in [1.82, 2.24) is 5.32 Å². The molecule has 0 aromatic heterocycles. The highest BCUT2D eigenvalue weighted by Gasteiger charge is 2.10. The van der Waals surface area contributed by atoms with E-state index in [-0.39, 0.29) is 6.10 Å². The molecule has 0 saturated carbocycles. The zero-order valence-corrected chi connectivity index (χ0v) is 13.9. The van der Waals surface area contributed by atoms with Crippen molar-refractivity contribution in [3.63, 3.8) is 0 Å². The van der Waals surface area contributed by atoms with Crippen LogP contribution in [0.4, 0.5) is 5.69 Å². The van der Waals surface area contributed by atoms with Crippen LogP contribution in [0.3, 0.4) is 0 Å². The van der Waals surface area contributed by atoms with Crippen LogP contribution >= 0.6 is 15.9 Å². The number of hydrogen-bond donors (Lipinski definition) is 2. The molecule has 0 fully saturated rings. The number of likely N-dealkylation sites (N-methyl/N-ethyl adjacent to an activating group) is 1. The fourth-order valence-corrected chi connectivity index (χ4v) is 2.47. The Morgan fingerprint density at radius 3 is 2.58 bits per heavy atom. The van der Waals surface area contributed by atoms with Crippen LogP contribution < -0.4 is 10.2 Å². The van der Waals surface area contributed by atoms with Crippen LogP contribution in [0.1, 0.15) is 26.3 Å². The summed E-state index contributed by atoms with van der Waals surface area (Å²) in [5.74, 6) is 0.644. The molecule has 2 N–H and O–H groups in total. The van der Waals surface area contributed by atoms with E-state index in [1.165, 1.54) is 11.3 Å². The Kier molecular flexibility index (Phi) is 6.83. The van der Waals surface area contributed by atoms with Crippen molar-refractivity contribution in [2.75, 3.05) is 25.0 Å². The van der Waals surface area contributed by atoms with E-state index >= 15 is 0 Å². The Balaban J connectivity index is 2.79. The van der Waals surface area contributed by atoms with Crippen molar-refractivity contribution in [2.24, 2.45) is 5.92 Å². The van der Waals surface area contributed by atoms with Gasteiger partial charge >= 0.3 is 0 Å². The number of rotatable bonds is 7. The Labute approximate surface area is 125 Å². The molecule has 0 aliphatic carbocycles. The third kappa shape index (κ3) is 5.93. The maximum atomic E-state index is 9.51. The molecule has 3 nitrogen and oxygen atoms in total. The molecular weight excluding hydrogens is 304 g/mol. The molecule has 0 heterocycles. The summed E-state index contributed by atoms with van der Waals surface area (Å²) in [5.41, 5.74) is 2.42. The van der Waals surface area contributed by atoms with E-state index in [1.807, 2.05) is 20.0 Å². The Morgan fingerprint density at radius 2 is 2.00 bits per heavy atom. The van der Waals surface area contributed by atoms with Crippen molar-refractivity contribution in [2.45, 2.75) is 33.4 Å². The van der Waals surface area contributed by atoms with Crippen LogP contribution in [-0.2, 0) is 6.54 Å². The van der Waals surface area contributed by atoms with Crippen LogP contribution in [0.15, 0.2) is 22.7 Å². The molecule has 108 valence electrons. The fourth-order valence-electron chi connectivity index (χ4n) is 2.06. The number of aliphatic hydroxyl groups is 1. The van der Waals surface area contributed by atoms with Gasteiger partial charge in [0.1, 0.15) is 0 Å². The second kappa shape index (κ2) is 7.88. The summed E-state index contributed by atoms with van der Waals surface area (Å²) in [6, 6.07) is 6.28. The molecule has 0 amide bonds. The summed E-state index contributed by atoms with van der Waals surface area (Å²) in [7, 11) is 2.02. The molecule has 19 heavy (non-hydrogen) atoms. The summed E-state index contributed by atoms with van der Waals surface area (Å²) in [6.45, 7) is 8.71. The minimum atomic E-state index is -0.329. The van der Waals surface area contributed by atoms with E-state index in [0.29, 0.717) is 12.5 Å². The first-order chi connectivity index (χ1) is 8.90. The quantitative estimate of drug-likeness (QED) is 0.807. The smallest absolute Gasteiger partial charge is 0.0686 e. The van der Waals surface area contributed by atoms with Crippen molar-refractivity contribution in [1.29, 1.82) is 0 Å². The molecule has 1 rings (SSSR count). The third-order valence-electron chi connectivity index (χ3n) is 2.86. The zero-order chi connectivity index (χ0) is 14.4. The van der Waals surface area contributed by atoms with Gasteiger partial charge in [-0.3, -0.25) is 0 Å². The summed E-state index contributed by atoms with van der Waals surface area (Å²) in [6.07, 6.45) is -0.329. The summed E-state index contributed by atoms with van der Waals surface area (Å²) >= 11 is 3.52. The number of aliphatic hydroxyl groups excluding tert-OH is 1. The lowest BCUT2D eigenvalue weighted by molar-refractivity contribution is 0.201. The standard InChI is InChI=1S/C15H25BrN2O/c1-11(2)8-17-9-13-7-14(16)5-6-15(13)18(4)10-12(3)19/h5-7,11-12,17,19H,8-10H2,1-4H3. The highest BCUT2D eigenvalue weighted by molar-refractivity contribution is 9.10. The Hall–Kier alpha value is -0.580. The van der Waals surface area contributed by atoms with Gasteiger partial charge in [-0.1, -0.05) is 29.8 Å². The lowest BCUT2D eigenvalue weighted by Crippen LogP contribution is -2.28. The van der Waals surface area contributed by atoms with Gasteiger partial charge in [-0.05, 0) is 43.1 Å². The first kappa shape index (κ1) is 16.5. The maximum absolute atomic E-state index is 9.51. The molecule has 1 aromatic rings. The number of nitrogens with one attached hydrogen (secondary N) is 1. The van der Waals surface area contributed by atoms with Crippen LogP contribution in [0, 0.1) is 5.92 Å². The Morgan fingerprint density at radius 1 is 1.32 bits per heavy atom. The molecule has 0 bridgehead atoms. The lowest BCUT2D eigenvalue weighted by atomic mass is 10.1. The molecular formula is C15H25BrN2O. The van der Waals surface area contributed by atoms with E-state index in [0.717, 1.165) is 17.6 Å². The maximum Gasteiger partial charge on any atom is 0.0686 e. The average molecular weight is 329 g/mol. The molecule has 1 aromatic carbocycles. The van der Waals surface area contributed by atoms with Gasteiger partial charge in [0.15, 0.2) is 0 Å². The molecule has 1 atom stereocenters. The first-order valence-corrected chi connectivity index (χ1v) is 7.57. The lowest BCUT2D eigenvalue weighted by Gasteiger charge is -2.24. The van der Waals surface area contributed by atoms with E-state index in [1.54, 1.807) is 0 Å². The van der Waals surface area contributed by atoms with Gasteiger partial charge in [0.2, 0.25) is 0 Å². The molecule has 0 spiro atoms. The van der Waals surface area contributed by atoms with Crippen LogP contribution in [-0.4, -0.2) is 31.3 Å². The van der Waals surface area contributed by atoms with Crippen LogP contribution in [0.2, 0.25) is 0 Å². The monoisotopic (exact) mass is 328 g/mol. The highest BCUT2D eigenvalue weighted by Crippen LogP contribution is 2.24. The number of anilines is 1. The number of nitrogens with zero attached hydrogens (tertiary/aromatic N) is 1. The van der Waals surface area contributed by atoms with Gasteiger partial charge in [-0.2, -0.15) is 0 Å². The molecule has 0 radical (unpaired) electrons. The number of benzene rings is 1. The van der Waals surface area contributed by atoms with Gasteiger partial charge in [-0.25, -0.2) is 0 Å². The van der Waals surface area contributed by atoms with Gasteiger partial charge in [0.25, 0.3) is 0 Å². The first-order valence-electron chi connectivity index (χ1n) is 6.78. The van der Waals surface area contributed by atoms with E-state index < -0.39 is 0 Å². The Bertz CT molecular complexity index is 394. The predicted octanol–water partition coefficient (Wildman–Crippen LogP) is 3.01. The van der Waals surface area contributed by atoms with Crippen molar-refractivity contribution in [3.05, 3.63) is 28.2 Å². The van der Waals surface area contributed by atoms with E-state index in [4.69, 9.17) is 0 Å². The summed E-state index contributed by atoms with van der Waals surface area (Å²) in [4.78, 5) is 2.10. The van der Waals surface area contributed by atoms with Gasteiger partial charge < -0.3 is 15.3 Å². The third-order valence-corrected chi connectivity index (χ3v) is 3.35. The fraction of sp³-hybridized carbons (Fsp3) is 0.600. The zero-order valence-electron chi connectivity index (χ0n) is 12.3. The molecule has 4 heteroatoms. The van der Waals surface area contributed by atoms with Gasteiger partial charge in [-0.15, -0.1) is 0 Å². The minimum absolute atomic E-state index is 0.329. The van der Waals surface area contributed by atoms with Gasteiger partial charge in [0, 0.05) is 30.3 Å².